The normalized spacial score (nSPS) is 19.3. The van der Waals surface area contributed by atoms with Crippen molar-refractivity contribution < 1.29 is 18.6 Å². The molecule has 33 heavy (non-hydrogen) atoms. The number of hydrogen-bond acceptors (Lipinski definition) is 6. The van der Waals surface area contributed by atoms with Gasteiger partial charge in [0.05, 0.1) is 29.4 Å². The van der Waals surface area contributed by atoms with Crippen LogP contribution in [-0.2, 0) is 4.74 Å². The largest absolute Gasteiger partial charge is 0.396 e. The highest BCUT2D eigenvalue weighted by Crippen LogP contribution is 2.26. The van der Waals surface area contributed by atoms with Gasteiger partial charge in [-0.3, -0.25) is 4.79 Å². The smallest absolute Gasteiger partial charge is 0.251 e. The third-order valence-electron chi connectivity index (χ3n) is 5.57. The summed E-state index contributed by atoms with van der Waals surface area (Å²) in [7, 11) is 0. The topological polar surface area (TPSA) is 89.3 Å². The fourth-order valence-electron chi connectivity index (χ4n) is 3.84. The van der Waals surface area contributed by atoms with Gasteiger partial charge < -0.3 is 19.7 Å². The zero-order valence-corrected chi connectivity index (χ0v) is 18.4. The van der Waals surface area contributed by atoms with Crippen molar-refractivity contribution >= 4 is 17.5 Å². The number of pyridine rings is 1. The van der Waals surface area contributed by atoms with Crippen molar-refractivity contribution in [3.8, 4) is 11.3 Å². The van der Waals surface area contributed by atoms with Crippen molar-refractivity contribution in [1.82, 2.24) is 14.5 Å². The minimum atomic E-state index is -1.15. The quantitative estimate of drug-likeness (QED) is 0.541. The van der Waals surface area contributed by atoms with Gasteiger partial charge in [0.15, 0.2) is 0 Å². The first-order chi connectivity index (χ1) is 16.0. The molecule has 174 valence electrons. The lowest BCUT2D eigenvalue weighted by atomic mass is 10.0. The van der Waals surface area contributed by atoms with Gasteiger partial charge in [-0.2, -0.15) is 0 Å². The zero-order valence-electron chi connectivity index (χ0n) is 17.6. The highest BCUT2D eigenvalue weighted by atomic mass is 35.5. The second-order valence-electron chi connectivity index (χ2n) is 7.76. The van der Waals surface area contributed by atoms with Crippen molar-refractivity contribution in [3.63, 3.8) is 0 Å². The van der Waals surface area contributed by atoms with Crippen LogP contribution < -0.4 is 10.9 Å². The Balaban J connectivity index is 1.60. The molecule has 2 N–H and O–H groups in total. The molecule has 0 amide bonds. The van der Waals surface area contributed by atoms with Crippen LogP contribution in [0.1, 0.15) is 24.4 Å². The number of hydrogen-bond donors (Lipinski definition) is 2. The molecular formula is C23H23ClF2N4O3. The number of aromatic nitrogens is 3. The van der Waals surface area contributed by atoms with E-state index in [2.05, 4.69) is 15.3 Å². The van der Waals surface area contributed by atoms with Crippen LogP contribution in [0.25, 0.3) is 11.3 Å². The van der Waals surface area contributed by atoms with Gasteiger partial charge in [0.2, 0.25) is 5.95 Å². The predicted molar refractivity (Wildman–Crippen MR) is 121 cm³/mol. The Morgan fingerprint density at radius 1 is 1.30 bits per heavy atom. The van der Waals surface area contributed by atoms with E-state index in [9.17, 15) is 18.7 Å². The Morgan fingerprint density at radius 2 is 2.15 bits per heavy atom. The average molecular weight is 477 g/mol. The maximum atomic E-state index is 14.0. The number of alkyl halides is 1. The minimum Gasteiger partial charge on any atom is -0.396 e. The van der Waals surface area contributed by atoms with Crippen molar-refractivity contribution in [1.29, 1.82) is 0 Å². The number of aliphatic hydroxyl groups excluding tert-OH is 1. The predicted octanol–water partition coefficient (Wildman–Crippen LogP) is 3.61. The monoisotopic (exact) mass is 476 g/mol. The van der Waals surface area contributed by atoms with Crippen LogP contribution in [-0.4, -0.2) is 51.7 Å². The van der Waals surface area contributed by atoms with Gasteiger partial charge in [-0.1, -0.05) is 17.7 Å². The standard InChI is InChI=1S/C23H23ClF2N4O3/c24-16-11-15(1-2-17(16)25)21(5-9-31)30-8-4-14(12-22(30)32)19-3-7-27-23(28-19)29-20-6-10-33-13-18(20)26/h1-4,7-8,11-12,18,20-21,31H,5-6,9-10,13H2,(H,27,28,29)/t18-,20+,21-/m1/s1. The van der Waals surface area contributed by atoms with E-state index in [1.54, 1.807) is 24.4 Å². The van der Waals surface area contributed by atoms with Gasteiger partial charge in [0.25, 0.3) is 5.56 Å². The van der Waals surface area contributed by atoms with E-state index in [1.807, 2.05) is 0 Å². The Kier molecular flexibility index (Phi) is 7.32. The molecule has 1 aliphatic heterocycles. The summed E-state index contributed by atoms with van der Waals surface area (Å²) in [5.74, 6) is -0.288. The summed E-state index contributed by atoms with van der Waals surface area (Å²) in [5, 5.41) is 12.5. The summed E-state index contributed by atoms with van der Waals surface area (Å²) in [6.45, 7) is 0.324. The Morgan fingerprint density at radius 3 is 2.88 bits per heavy atom. The first kappa shape index (κ1) is 23.3. The highest BCUT2D eigenvalue weighted by Gasteiger charge is 2.26. The maximum absolute atomic E-state index is 14.0. The molecule has 0 saturated carbocycles. The molecule has 1 aliphatic rings. The highest BCUT2D eigenvalue weighted by molar-refractivity contribution is 6.30. The van der Waals surface area contributed by atoms with Crippen molar-refractivity contribution in [2.45, 2.75) is 31.1 Å². The molecule has 0 aliphatic carbocycles. The van der Waals surface area contributed by atoms with Crippen LogP contribution in [0.3, 0.4) is 0 Å². The van der Waals surface area contributed by atoms with E-state index in [0.29, 0.717) is 29.8 Å². The minimum absolute atomic E-state index is 0.0316. The SMILES string of the molecule is O=c1cc(-c2ccnc(N[C@H]3CCOC[C@H]3F)n2)ccn1[C@H](CCO)c1ccc(F)c(Cl)c1. The molecule has 2 aromatic heterocycles. The summed E-state index contributed by atoms with van der Waals surface area (Å²) >= 11 is 5.91. The van der Waals surface area contributed by atoms with Crippen molar-refractivity contribution in [3.05, 3.63) is 75.5 Å². The molecule has 4 rings (SSSR count). The number of ether oxygens (including phenoxy) is 1. The van der Waals surface area contributed by atoms with Gasteiger partial charge in [0, 0.05) is 37.2 Å². The molecule has 3 heterocycles. The van der Waals surface area contributed by atoms with E-state index in [0.717, 1.165) is 0 Å². The van der Waals surface area contributed by atoms with Crippen LogP contribution in [0.15, 0.2) is 53.6 Å². The number of nitrogens with zero attached hydrogens (tertiary/aromatic N) is 3. The number of anilines is 1. The molecule has 1 fully saturated rings. The molecular weight excluding hydrogens is 454 g/mol. The number of halogens is 3. The van der Waals surface area contributed by atoms with Crippen LogP contribution in [0, 0.1) is 5.82 Å². The van der Waals surface area contributed by atoms with Crippen molar-refractivity contribution in [2.24, 2.45) is 0 Å². The molecule has 10 heteroatoms. The summed E-state index contributed by atoms with van der Waals surface area (Å²) in [5.41, 5.74) is 1.34. The number of aliphatic hydroxyl groups is 1. The molecule has 0 radical (unpaired) electrons. The number of nitrogens with one attached hydrogen (secondary N) is 1. The first-order valence-corrected chi connectivity index (χ1v) is 10.9. The second-order valence-corrected chi connectivity index (χ2v) is 8.17. The lowest BCUT2D eigenvalue weighted by Gasteiger charge is -2.26. The van der Waals surface area contributed by atoms with Crippen LogP contribution in [0.5, 0.6) is 0 Å². The molecule has 7 nitrogen and oxygen atoms in total. The Labute approximate surface area is 194 Å². The molecule has 0 spiro atoms. The zero-order chi connectivity index (χ0) is 23.4. The lowest BCUT2D eigenvalue weighted by Crippen LogP contribution is -2.39. The van der Waals surface area contributed by atoms with Crippen LogP contribution in [0.2, 0.25) is 5.02 Å². The molecule has 0 bridgehead atoms. The Hall–Kier alpha value is -2.88. The Bertz CT molecular complexity index is 1180. The number of benzene rings is 1. The summed E-state index contributed by atoms with van der Waals surface area (Å²) in [4.78, 5) is 21.5. The van der Waals surface area contributed by atoms with Crippen LogP contribution in [0.4, 0.5) is 14.7 Å². The number of rotatable bonds is 7. The summed E-state index contributed by atoms with van der Waals surface area (Å²) in [6, 6.07) is 8.07. The van der Waals surface area contributed by atoms with Crippen molar-refractivity contribution in [2.75, 3.05) is 25.1 Å². The molecule has 3 aromatic rings. The molecule has 3 atom stereocenters. The van der Waals surface area contributed by atoms with Gasteiger partial charge in [-0.25, -0.2) is 18.7 Å². The van der Waals surface area contributed by atoms with Gasteiger partial charge >= 0.3 is 0 Å². The first-order valence-electron chi connectivity index (χ1n) is 10.6. The van der Waals surface area contributed by atoms with E-state index in [1.165, 1.54) is 29.0 Å². The van der Waals surface area contributed by atoms with Gasteiger partial charge in [-0.15, -0.1) is 0 Å². The van der Waals surface area contributed by atoms with E-state index in [4.69, 9.17) is 16.3 Å². The summed E-state index contributed by atoms with van der Waals surface area (Å²) in [6.07, 6.45) is 2.74. The summed E-state index contributed by atoms with van der Waals surface area (Å²) < 4.78 is 34.2. The molecule has 0 unspecified atom stereocenters. The molecule has 1 saturated heterocycles. The van der Waals surface area contributed by atoms with E-state index in [-0.39, 0.29) is 36.2 Å². The fraction of sp³-hybridized carbons (Fsp3) is 0.348. The third-order valence-corrected chi connectivity index (χ3v) is 5.86. The van der Waals surface area contributed by atoms with Gasteiger partial charge in [0.1, 0.15) is 12.0 Å². The average Bonchev–Trinajstić information content (AvgIpc) is 2.81. The fourth-order valence-corrected chi connectivity index (χ4v) is 4.02. The van der Waals surface area contributed by atoms with Gasteiger partial charge in [-0.05, 0) is 42.7 Å². The van der Waals surface area contributed by atoms with Crippen LogP contribution >= 0.6 is 11.6 Å². The maximum Gasteiger partial charge on any atom is 0.251 e. The second kappa shape index (κ2) is 10.4. The van der Waals surface area contributed by atoms with E-state index < -0.39 is 24.1 Å². The third kappa shape index (κ3) is 5.38. The lowest BCUT2D eigenvalue weighted by molar-refractivity contribution is 0.0284. The van der Waals surface area contributed by atoms with E-state index >= 15 is 0 Å². The molecule has 1 aromatic carbocycles.